The van der Waals surface area contributed by atoms with Gasteiger partial charge in [-0.2, -0.15) is 0 Å². The number of hydrogen-bond donors (Lipinski definition) is 0. The average Bonchev–Trinajstić information content (AvgIpc) is 2.88. The minimum Gasteiger partial charge on any atom is -0.493 e. The highest BCUT2D eigenvalue weighted by atomic mass is 35.5. The maximum atomic E-state index is 13.8. The number of fused-ring (bicyclic) bond motifs is 1. The van der Waals surface area contributed by atoms with Gasteiger partial charge in [0.05, 0.1) is 35.0 Å². The first kappa shape index (κ1) is 26.0. The molecule has 37 heavy (non-hydrogen) atoms. The molecule has 0 radical (unpaired) electrons. The highest BCUT2D eigenvalue weighted by molar-refractivity contribution is 6.30. The van der Waals surface area contributed by atoms with Crippen molar-refractivity contribution in [3.63, 3.8) is 0 Å². The van der Waals surface area contributed by atoms with Gasteiger partial charge in [0.25, 0.3) is 5.56 Å². The van der Waals surface area contributed by atoms with Crippen molar-refractivity contribution in [3.05, 3.63) is 74.6 Å². The summed E-state index contributed by atoms with van der Waals surface area (Å²) in [7, 11) is 5.76. The molecule has 3 heterocycles. The van der Waals surface area contributed by atoms with Crippen LogP contribution in [0.4, 0.5) is 0 Å². The third-order valence-electron chi connectivity index (χ3n) is 5.90. The molecule has 0 N–H and O–H groups in total. The average molecular weight is 524 g/mol. The van der Waals surface area contributed by atoms with Crippen molar-refractivity contribution in [2.45, 2.75) is 20.4 Å². The molecule has 0 bridgehead atoms. The highest BCUT2D eigenvalue weighted by Gasteiger charge is 2.27. The third-order valence-corrected chi connectivity index (χ3v) is 6.11. The summed E-state index contributed by atoms with van der Waals surface area (Å²) in [5.74, 6) is 0.442. The van der Waals surface area contributed by atoms with E-state index in [1.807, 2.05) is 26.0 Å². The van der Waals surface area contributed by atoms with E-state index in [1.54, 1.807) is 24.3 Å². The number of aromatic nitrogens is 3. The lowest BCUT2D eigenvalue weighted by molar-refractivity contribution is 0.0588. The van der Waals surface area contributed by atoms with Gasteiger partial charge in [0.2, 0.25) is 5.75 Å². The summed E-state index contributed by atoms with van der Waals surface area (Å²) in [6, 6.07) is 10.3. The van der Waals surface area contributed by atoms with Gasteiger partial charge in [0.15, 0.2) is 11.5 Å². The molecule has 0 unspecified atom stereocenters. The van der Waals surface area contributed by atoms with Crippen LogP contribution < -0.4 is 19.8 Å². The second-order valence-electron chi connectivity index (χ2n) is 8.31. The van der Waals surface area contributed by atoms with Crippen molar-refractivity contribution in [1.29, 1.82) is 0 Å². The molecule has 0 saturated carbocycles. The fourth-order valence-electron chi connectivity index (χ4n) is 4.46. The van der Waals surface area contributed by atoms with Gasteiger partial charge >= 0.3 is 5.97 Å². The molecular weight excluding hydrogens is 498 g/mol. The molecule has 10 heteroatoms. The van der Waals surface area contributed by atoms with E-state index in [9.17, 15) is 9.59 Å². The minimum atomic E-state index is -0.694. The standard InChI is InChI=1S/C27H26ClN3O6/c1-14-9-16(10-15(2)29-14)13-31-24(27(33)37-6)22(18-7-8-21(28)30-23(18)26(31)32)17-11-19(34-3)25(36-5)20(12-17)35-4/h7-12H,13H2,1-6H3. The molecule has 0 saturated heterocycles. The molecule has 3 aromatic heterocycles. The molecule has 1 aromatic carbocycles. The Kier molecular flexibility index (Phi) is 7.35. The Hall–Kier alpha value is -4.11. The molecule has 0 aliphatic rings. The Morgan fingerprint density at radius 1 is 0.919 bits per heavy atom. The van der Waals surface area contributed by atoms with Gasteiger partial charge in [-0.25, -0.2) is 9.78 Å². The molecular formula is C27H26ClN3O6. The number of nitrogens with zero attached hydrogens (tertiary/aromatic N) is 3. The second-order valence-corrected chi connectivity index (χ2v) is 8.70. The minimum absolute atomic E-state index is 0.0468. The van der Waals surface area contributed by atoms with Crippen molar-refractivity contribution in [3.8, 4) is 28.4 Å². The number of benzene rings is 1. The monoisotopic (exact) mass is 523 g/mol. The normalized spacial score (nSPS) is 10.9. The number of halogens is 1. The number of esters is 1. The van der Waals surface area contributed by atoms with Crippen molar-refractivity contribution >= 4 is 28.5 Å². The molecule has 192 valence electrons. The molecule has 4 rings (SSSR count). The lowest BCUT2D eigenvalue weighted by Gasteiger charge is -2.20. The smallest absolute Gasteiger partial charge is 0.355 e. The fraction of sp³-hybridized carbons (Fsp3) is 0.259. The third kappa shape index (κ3) is 4.82. The number of aryl methyl sites for hydroxylation is 2. The zero-order valence-corrected chi connectivity index (χ0v) is 22.1. The fourth-order valence-corrected chi connectivity index (χ4v) is 4.61. The Labute approximate surface area is 218 Å². The number of carbonyl (C=O) groups excluding carboxylic acids is 1. The van der Waals surface area contributed by atoms with Crippen LogP contribution in [0.25, 0.3) is 22.0 Å². The predicted octanol–water partition coefficient (Wildman–Crippen LogP) is 4.59. The first-order valence-electron chi connectivity index (χ1n) is 11.3. The van der Waals surface area contributed by atoms with E-state index in [-0.39, 0.29) is 22.9 Å². The van der Waals surface area contributed by atoms with Crippen LogP contribution in [0.2, 0.25) is 5.15 Å². The highest BCUT2D eigenvalue weighted by Crippen LogP contribution is 2.43. The summed E-state index contributed by atoms with van der Waals surface area (Å²) in [4.78, 5) is 35.8. The second kappa shape index (κ2) is 10.5. The number of hydrogen-bond acceptors (Lipinski definition) is 8. The van der Waals surface area contributed by atoms with Crippen LogP contribution >= 0.6 is 11.6 Å². The summed E-state index contributed by atoms with van der Waals surface area (Å²) in [6.07, 6.45) is 0. The van der Waals surface area contributed by atoms with Gasteiger partial charge < -0.3 is 18.9 Å². The van der Waals surface area contributed by atoms with Crippen molar-refractivity contribution in [1.82, 2.24) is 14.5 Å². The topological polar surface area (TPSA) is 102 Å². The maximum Gasteiger partial charge on any atom is 0.355 e. The Morgan fingerprint density at radius 3 is 2.08 bits per heavy atom. The van der Waals surface area contributed by atoms with E-state index in [2.05, 4.69) is 9.97 Å². The zero-order chi connectivity index (χ0) is 26.9. The SMILES string of the molecule is COC(=O)c1c(-c2cc(OC)c(OC)c(OC)c2)c2ccc(Cl)nc2c(=O)n1Cc1cc(C)nc(C)c1. The zero-order valence-electron chi connectivity index (χ0n) is 21.3. The number of ether oxygens (including phenoxy) is 4. The number of carbonyl (C=O) groups is 1. The molecule has 0 fully saturated rings. The van der Waals surface area contributed by atoms with E-state index < -0.39 is 11.5 Å². The van der Waals surface area contributed by atoms with Gasteiger partial charge in [0, 0.05) is 22.3 Å². The number of pyridine rings is 3. The first-order chi connectivity index (χ1) is 17.7. The van der Waals surface area contributed by atoms with Crippen LogP contribution in [0.15, 0.2) is 41.2 Å². The largest absolute Gasteiger partial charge is 0.493 e. The van der Waals surface area contributed by atoms with E-state index in [1.165, 1.54) is 33.0 Å². The van der Waals surface area contributed by atoms with Gasteiger partial charge in [-0.15, -0.1) is 0 Å². The maximum absolute atomic E-state index is 13.8. The summed E-state index contributed by atoms with van der Waals surface area (Å²) in [5.41, 5.74) is 2.96. The number of methoxy groups -OCH3 is 4. The quantitative estimate of drug-likeness (QED) is 0.256. The van der Waals surface area contributed by atoms with Crippen LogP contribution in [0.3, 0.4) is 0 Å². The van der Waals surface area contributed by atoms with Crippen molar-refractivity contribution in [2.75, 3.05) is 28.4 Å². The first-order valence-corrected chi connectivity index (χ1v) is 11.7. The Balaban J connectivity index is 2.16. The summed E-state index contributed by atoms with van der Waals surface area (Å²) in [5, 5.41) is 0.566. The summed E-state index contributed by atoms with van der Waals surface area (Å²) >= 11 is 6.19. The van der Waals surface area contributed by atoms with Gasteiger partial charge in [-0.1, -0.05) is 11.6 Å². The Bertz CT molecular complexity index is 1540. The lowest BCUT2D eigenvalue weighted by Crippen LogP contribution is -2.29. The van der Waals surface area contributed by atoms with E-state index in [4.69, 9.17) is 30.5 Å². The van der Waals surface area contributed by atoms with Gasteiger partial charge in [-0.05, 0) is 61.4 Å². The van der Waals surface area contributed by atoms with E-state index >= 15 is 0 Å². The van der Waals surface area contributed by atoms with Gasteiger partial charge in [0.1, 0.15) is 16.4 Å². The number of rotatable bonds is 7. The van der Waals surface area contributed by atoms with Crippen LogP contribution in [0.5, 0.6) is 17.2 Å². The van der Waals surface area contributed by atoms with Crippen LogP contribution in [0, 0.1) is 13.8 Å². The van der Waals surface area contributed by atoms with E-state index in [0.717, 1.165) is 17.0 Å². The summed E-state index contributed by atoms with van der Waals surface area (Å²) in [6.45, 7) is 3.81. The van der Waals surface area contributed by atoms with Crippen LogP contribution in [-0.4, -0.2) is 48.9 Å². The summed E-state index contributed by atoms with van der Waals surface area (Å²) < 4.78 is 23.1. The molecule has 0 aliphatic carbocycles. The molecule has 0 amide bonds. The molecule has 9 nitrogen and oxygen atoms in total. The predicted molar refractivity (Wildman–Crippen MR) is 140 cm³/mol. The van der Waals surface area contributed by atoms with E-state index in [0.29, 0.717) is 33.8 Å². The van der Waals surface area contributed by atoms with Gasteiger partial charge in [-0.3, -0.25) is 14.3 Å². The molecule has 0 aliphatic heterocycles. The van der Waals surface area contributed by atoms with Crippen molar-refractivity contribution in [2.24, 2.45) is 0 Å². The lowest BCUT2D eigenvalue weighted by atomic mass is 9.97. The van der Waals surface area contributed by atoms with Crippen LogP contribution in [-0.2, 0) is 11.3 Å². The molecule has 4 aromatic rings. The van der Waals surface area contributed by atoms with Crippen LogP contribution in [0.1, 0.15) is 27.4 Å². The molecule has 0 spiro atoms. The Morgan fingerprint density at radius 2 is 1.54 bits per heavy atom. The van der Waals surface area contributed by atoms with Crippen molar-refractivity contribution < 1.29 is 23.7 Å². The molecule has 0 atom stereocenters.